The molecule has 0 unspecified atom stereocenters. The molecule has 1 aliphatic rings. The second-order valence-corrected chi connectivity index (χ2v) is 8.71. The van der Waals surface area contributed by atoms with E-state index in [0.29, 0.717) is 26.8 Å². The van der Waals surface area contributed by atoms with Crippen LogP contribution in [0, 0.1) is 11.3 Å². The van der Waals surface area contributed by atoms with Gasteiger partial charge in [0.05, 0.1) is 11.0 Å². The smallest absolute Gasteiger partial charge is 0.260 e. The number of hydrogen-bond acceptors (Lipinski definition) is 5. The number of thiophene rings is 1. The number of allylic oxidation sites excluding steroid dienone is 1. The Morgan fingerprint density at radius 2 is 2.13 bits per heavy atom. The molecule has 5 nitrogen and oxygen atoms in total. The molecule has 0 atom stereocenters. The molecule has 148 valence electrons. The number of aromatic amines is 1. The maximum atomic E-state index is 12.8. The fourth-order valence-electron chi connectivity index (χ4n) is 3.81. The van der Waals surface area contributed by atoms with E-state index in [9.17, 15) is 10.1 Å². The number of benzene rings is 1. The number of nitriles is 1. The van der Waals surface area contributed by atoms with E-state index in [1.165, 1.54) is 4.88 Å². The summed E-state index contributed by atoms with van der Waals surface area (Å²) in [6.07, 6.45) is 5.73. The minimum atomic E-state index is -0.186. The number of hydrogen-bond donors (Lipinski definition) is 1. The molecule has 0 fully saturated rings. The van der Waals surface area contributed by atoms with Gasteiger partial charge in [0.25, 0.3) is 5.56 Å². The van der Waals surface area contributed by atoms with Gasteiger partial charge >= 0.3 is 0 Å². The molecule has 5 rings (SSSR count). The lowest BCUT2D eigenvalue weighted by Gasteiger charge is -2.09. The zero-order valence-corrected chi connectivity index (χ0v) is 17.4. The van der Waals surface area contributed by atoms with Crippen molar-refractivity contribution >= 4 is 44.8 Å². The molecule has 0 radical (unpaired) electrons. The third kappa shape index (κ3) is 3.36. The first kappa shape index (κ1) is 18.9. The molecule has 4 aromatic rings. The van der Waals surface area contributed by atoms with Crippen LogP contribution in [0.25, 0.3) is 33.2 Å². The van der Waals surface area contributed by atoms with E-state index in [-0.39, 0.29) is 17.0 Å². The van der Waals surface area contributed by atoms with Crippen LogP contribution in [0.5, 0.6) is 0 Å². The quantitative estimate of drug-likeness (QED) is 0.411. The van der Waals surface area contributed by atoms with E-state index in [0.717, 1.165) is 36.8 Å². The van der Waals surface area contributed by atoms with Gasteiger partial charge in [0.15, 0.2) is 5.82 Å². The zero-order valence-electron chi connectivity index (χ0n) is 15.9. The number of fused-ring (bicyclic) bond motifs is 3. The van der Waals surface area contributed by atoms with Crippen molar-refractivity contribution in [3.63, 3.8) is 0 Å². The molecular weight excluding hydrogens is 418 g/mol. The van der Waals surface area contributed by atoms with Gasteiger partial charge < -0.3 is 9.40 Å². The zero-order chi connectivity index (χ0) is 20.7. The van der Waals surface area contributed by atoms with Crippen molar-refractivity contribution < 1.29 is 4.42 Å². The second kappa shape index (κ2) is 7.60. The molecule has 1 aliphatic carbocycles. The molecule has 3 aromatic heterocycles. The van der Waals surface area contributed by atoms with Crippen molar-refractivity contribution in [3.05, 3.63) is 73.8 Å². The Bertz CT molecular complexity index is 1400. The number of aryl methyl sites for hydroxylation is 2. The standard InChI is InChI=1S/C23H16ClN3O2S/c24-15-5-3-4-13(10-15)18-9-8-16(29-18)11-14(12-25)21-26-22(28)20-17-6-1-2-7-19(17)30-23(20)27-21/h3-5,8-11H,1-2,6-7H2,(H,26,27,28). The van der Waals surface area contributed by atoms with Crippen molar-refractivity contribution in [3.8, 4) is 17.4 Å². The van der Waals surface area contributed by atoms with Crippen LogP contribution in [0.4, 0.5) is 0 Å². The van der Waals surface area contributed by atoms with Crippen LogP contribution >= 0.6 is 22.9 Å². The average molecular weight is 434 g/mol. The number of furan rings is 1. The SMILES string of the molecule is N#CC(=Cc1ccc(-c2cccc(Cl)c2)o1)c1nc2sc3c(c2c(=O)[nH]1)CCCC3. The van der Waals surface area contributed by atoms with Gasteiger partial charge in [-0.25, -0.2) is 4.98 Å². The summed E-state index contributed by atoms with van der Waals surface area (Å²) in [4.78, 5) is 22.1. The Labute approximate surface area is 181 Å². The van der Waals surface area contributed by atoms with Crippen molar-refractivity contribution in [2.75, 3.05) is 0 Å². The highest BCUT2D eigenvalue weighted by Gasteiger charge is 2.20. The first-order chi connectivity index (χ1) is 14.6. The monoisotopic (exact) mass is 433 g/mol. The first-order valence-corrected chi connectivity index (χ1v) is 10.8. The van der Waals surface area contributed by atoms with E-state index < -0.39 is 0 Å². The number of nitrogens with zero attached hydrogens (tertiary/aromatic N) is 2. The molecule has 0 spiro atoms. The number of nitrogens with one attached hydrogen (secondary N) is 1. The van der Waals surface area contributed by atoms with Gasteiger partial charge in [-0.05, 0) is 55.5 Å². The maximum Gasteiger partial charge on any atom is 0.260 e. The maximum absolute atomic E-state index is 12.8. The molecule has 0 bridgehead atoms. The molecule has 0 aliphatic heterocycles. The van der Waals surface area contributed by atoms with Crippen LogP contribution in [-0.2, 0) is 12.8 Å². The van der Waals surface area contributed by atoms with Crippen molar-refractivity contribution in [2.45, 2.75) is 25.7 Å². The third-order valence-corrected chi connectivity index (χ3v) is 6.64. The number of halogens is 1. The Kier molecular flexibility index (Phi) is 4.78. The minimum absolute atomic E-state index is 0.186. The summed E-state index contributed by atoms with van der Waals surface area (Å²) in [5.74, 6) is 1.40. The summed E-state index contributed by atoms with van der Waals surface area (Å²) < 4.78 is 5.86. The van der Waals surface area contributed by atoms with Crippen molar-refractivity contribution in [1.82, 2.24) is 9.97 Å². The number of H-pyrrole nitrogens is 1. The number of rotatable bonds is 3. The third-order valence-electron chi connectivity index (χ3n) is 5.22. The first-order valence-electron chi connectivity index (χ1n) is 9.65. The lowest BCUT2D eigenvalue weighted by molar-refractivity contribution is 0.572. The van der Waals surface area contributed by atoms with Crippen LogP contribution in [0.1, 0.15) is 34.9 Å². The van der Waals surface area contributed by atoms with Gasteiger partial charge in [0.2, 0.25) is 0 Å². The Balaban J connectivity index is 1.54. The highest BCUT2D eigenvalue weighted by Crippen LogP contribution is 2.34. The fraction of sp³-hybridized carbons (Fsp3) is 0.174. The van der Waals surface area contributed by atoms with Crippen molar-refractivity contribution in [2.24, 2.45) is 0 Å². The molecule has 7 heteroatoms. The fourth-order valence-corrected chi connectivity index (χ4v) is 5.27. The molecule has 1 aromatic carbocycles. The normalized spacial score (nSPS) is 13.9. The lowest BCUT2D eigenvalue weighted by Crippen LogP contribution is -2.12. The van der Waals surface area contributed by atoms with E-state index in [1.54, 1.807) is 29.5 Å². The summed E-state index contributed by atoms with van der Waals surface area (Å²) in [7, 11) is 0. The predicted octanol–water partition coefficient (Wildman–Crippen LogP) is 5.84. The topological polar surface area (TPSA) is 82.7 Å². The van der Waals surface area contributed by atoms with Gasteiger partial charge in [-0.15, -0.1) is 11.3 Å². The highest BCUT2D eigenvalue weighted by atomic mass is 35.5. The van der Waals surface area contributed by atoms with E-state index >= 15 is 0 Å². The van der Waals surface area contributed by atoms with Crippen LogP contribution in [0.2, 0.25) is 5.02 Å². The summed E-state index contributed by atoms with van der Waals surface area (Å²) in [5, 5.41) is 11.0. The summed E-state index contributed by atoms with van der Waals surface area (Å²) in [5.41, 5.74) is 2.03. The van der Waals surface area contributed by atoms with Crippen LogP contribution in [-0.4, -0.2) is 9.97 Å². The van der Waals surface area contributed by atoms with E-state index in [1.807, 2.05) is 24.3 Å². The Morgan fingerprint density at radius 1 is 1.27 bits per heavy atom. The molecule has 3 heterocycles. The Morgan fingerprint density at radius 3 is 2.97 bits per heavy atom. The van der Waals surface area contributed by atoms with Crippen molar-refractivity contribution in [1.29, 1.82) is 5.26 Å². The highest BCUT2D eigenvalue weighted by molar-refractivity contribution is 7.18. The van der Waals surface area contributed by atoms with Gasteiger partial charge in [-0.3, -0.25) is 4.79 Å². The molecule has 0 saturated heterocycles. The van der Waals surface area contributed by atoms with Gasteiger partial charge in [-0.1, -0.05) is 23.7 Å². The molecule has 0 saturated carbocycles. The van der Waals surface area contributed by atoms with Crippen LogP contribution in [0.15, 0.2) is 45.6 Å². The Hall–Kier alpha value is -3.14. The molecule has 30 heavy (non-hydrogen) atoms. The largest absolute Gasteiger partial charge is 0.457 e. The van der Waals surface area contributed by atoms with Gasteiger partial charge in [0, 0.05) is 21.5 Å². The molecular formula is C23H16ClN3O2S. The van der Waals surface area contributed by atoms with Gasteiger partial charge in [0.1, 0.15) is 22.4 Å². The van der Waals surface area contributed by atoms with Gasteiger partial charge in [-0.2, -0.15) is 5.26 Å². The molecule has 1 N–H and O–H groups in total. The summed E-state index contributed by atoms with van der Waals surface area (Å²) in [6.45, 7) is 0. The second-order valence-electron chi connectivity index (χ2n) is 7.19. The number of aromatic nitrogens is 2. The van der Waals surface area contributed by atoms with E-state index in [2.05, 4.69) is 16.0 Å². The van der Waals surface area contributed by atoms with E-state index in [4.69, 9.17) is 16.0 Å². The minimum Gasteiger partial charge on any atom is -0.457 e. The lowest BCUT2D eigenvalue weighted by atomic mass is 9.97. The van der Waals surface area contributed by atoms with Crippen LogP contribution < -0.4 is 5.56 Å². The summed E-state index contributed by atoms with van der Waals surface area (Å²) in [6, 6.07) is 13.1. The van der Waals surface area contributed by atoms with Crippen LogP contribution in [0.3, 0.4) is 0 Å². The predicted molar refractivity (Wildman–Crippen MR) is 120 cm³/mol. The average Bonchev–Trinajstić information content (AvgIpc) is 3.36. The molecule has 0 amide bonds. The summed E-state index contributed by atoms with van der Waals surface area (Å²) >= 11 is 7.61.